The van der Waals surface area contributed by atoms with E-state index in [0.29, 0.717) is 0 Å². The van der Waals surface area contributed by atoms with E-state index in [2.05, 4.69) is 232 Å². The van der Waals surface area contributed by atoms with Crippen LogP contribution in [0.1, 0.15) is 134 Å². The molecule has 352 valence electrons. The van der Waals surface area contributed by atoms with Gasteiger partial charge in [-0.05, 0) is 80.4 Å². The van der Waals surface area contributed by atoms with E-state index < -0.39 is 0 Å². The van der Waals surface area contributed by atoms with E-state index >= 15 is 0 Å². The molecule has 0 saturated carbocycles. The fourth-order valence-corrected chi connectivity index (χ4v) is 9.76. The van der Waals surface area contributed by atoms with Crippen molar-refractivity contribution in [3.63, 3.8) is 0 Å². The molecule has 0 bridgehead atoms. The summed E-state index contributed by atoms with van der Waals surface area (Å²) >= 11 is 3.48. The summed E-state index contributed by atoms with van der Waals surface area (Å²) in [7, 11) is 0. The Morgan fingerprint density at radius 2 is 0.848 bits per heavy atom. The van der Waals surface area contributed by atoms with Gasteiger partial charge in [0.2, 0.25) is 0 Å². The molecule has 0 aliphatic heterocycles. The third-order valence-corrected chi connectivity index (χ3v) is 13.4. The van der Waals surface area contributed by atoms with E-state index in [0.717, 1.165) is 25.7 Å². The molecule has 2 aromatic carbocycles. The van der Waals surface area contributed by atoms with Gasteiger partial charge in [0.1, 0.15) is 0 Å². The van der Waals surface area contributed by atoms with Crippen molar-refractivity contribution in [2.45, 2.75) is 160 Å². The Labute approximate surface area is 445 Å². The average molecular weight is 1110 g/mol. The van der Waals surface area contributed by atoms with Gasteiger partial charge in [0.05, 0.1) is 0 Å². The summed E-state index contributed by atoms with van der Waals surface area (Å²) in [5, 5.41) is 5.38. The topological polar surface area (TPSA) is 0 Å². The summed E-state index contributed by atoms with van der Waals surface area (Å²) in [6.45, 7) is 41.6. The SMILES string of the molecule is CCC1=C(C2(C(C)(C)C)[C-]=C3C=c4cc(C(C)(C)C)ccc4=C3C=C2)CC=C1.CCC1=C(C2(C(C)(C)C)[C-]=C3C=c4cc(C(C)(C)C)ccc4=C3C=C2)CC=C1.C[Si](C)=[Zr].C[Si](C)=[Zr].[Cl-].[Cl-]. The van der Waals surface area contributed by atoms with E-state index in [9.17, 15) is 0 Å². The number of hydrogen-bond donors (Lipinski definition) is 0. The number of halogens is 2. The molecule has 0 saturated heterocycles. The molecule has 0 radical (unpaired) electrons. The van der Waals surface area contributed by atoms with Crippen molar-refractivity contribution < 1.29 is 71.5 Å². The maximum absolute atomic E-state index is 4.02. The fourth-order valence-electron chi connectivity index (χ4n) is 9.76. The zero-order chi connectivity index (χ0) is 47.8. The van der Waals surface area contributed by atoms with E-state index in [1.54, 1.807) is 46.7 Å². The molecule has 0 fully saturated rings. The molecule has 0 nitrogen and oxygen atoms in total. The smallest absolute Gasteiger partial charge is 1.00 e. The van der Waals surface area contributed by atoms with Crippen molar-refractivity contribution in [1.82, 2.24) is 0 Å². The fraction of sp³-hybridized carbons (Fsp3) is 0.467. The first-order chi connectivity index (χ1) is 29.6. The molecule has 6 aliphatic carbocycles. The van der Waals surface area contributed by atoms with Crippen LogP contribution in [0.3, 0.4) is 0 Å². The van der Waals surface area contributed by atoms with Crippen LogP contribution >= 0.6 is 0 Å². The molecule has 2 aromatic rings. The largest absolute Gasteiger partial charge is 1.00 e. The Bertz CT molecular complexity index is 2540. The van der Waals surface area contributed by atoms with Crippen LogP contribution in [-0.2, 0) is 57.5 Å². The maximum atomic E-state index is 4.02. The average Bonchev–Trinajstić information content (AvgIpc) is 3.99. The van der Waals surface area contributed by atoms with Crippen LogP contribution < -0.4 is 45.7 Å². The molecule has 8 rings (SSSR count). The van der Waals surface area contributed by atoms with Crippen LogP contribution in [0.5, 0.6) is 0 Å². The van der Waals surface area contributed by atoms with Gasteiger partial charge in [0.25, 0.3) is 0 Å². The van der Waals surface area contributed by atoms with Gasteiger partial charge >= 0.3 is 83.7 Å². The summed E-state index contributed by atoms with van der Waals surface area (Å²) in [5.74, 6) is 0. The van der Waals surface area contributed by atoms with Crippen LogP contribution in [0.2, 0.25) is 26.2 Å². The van der Waals surface area contributed by atoms with Gasteiger partial charge in [-0.2, -0.15) is 35.5 Å². The Balaban J connectivity index is 0.000000294. The number of allylic oxidation sites excluding steroid dienone is 16. The molecule has 2 atom stereocenters. The van der Waals surface area contributed by atoms with Crippen LogP contribution in [0.15, 0.2) is 118 Å². The number of benzene rings is 2. The van der Waals surface area contributed by atoms with E-state index in [4.69, 9.17) is 0 Å². The quantitative estimate of drug-likeness (QED) is 0.221. The van der Waals surface area contributed by atoms with Crippen molar-refractivity contribution in [2.24, 2.45) is 21.7 Å². The van der Waals surface area contributed by atoms with Gasteiger partial charge < -0.3 is 24.8 Å². The van der Waals surface area contributed by atoms with Crippen molar-refractivity contribution >= 4 is 34.2 Å². The molecule has 0 N–H and O–H groups in total. The molecule has 6 aliphatic rings. The van der Waals surface area contributed by atoms with Gasteiger partial charge in [0, 0.05) is 0 Å². The second kappa shape index (κ2) is 22.8. The molecule has 6 heteroatoms. The predicted octanol–water partition coefficient (Wildman–Crippen LogP) is 7.43. The summed E-state index contributed by atoms with van der Waals surface area (Å²) in [6, 6.07) is 13.9. The van der Waals surface area contributed by atoms with E-state index in [-0.39, 0.29) is 68.2 Å². The first-order valence-corrected chi connectivity index (χ1v) is 36.2. The summed E-state index contributed by atoms with van der Waals surface area (Å²) in [6.07, 6.45) is 35.9. The first kappa shape index (κ1) is 58.9. The maximum Gasteiger partial charge on any atom is -1.00 e. The van der Waals surface area contributed by atoms with Gasteiger partial charge in [-0.1, -0.05) is 202 Å². The molecule has 0 spiro atoms. The van der Waals surface area contributed by atoms with Crippen LogP contribution in [-0.4, -0.2) is 10.9 Å². The number of hydrogen-bond acceptors (Lipinski definition) is 0. The third-order valence-electron chi connectivity index (χ3n) is 13.4. The van der Waals surface area contributed by atoms with Gasteiger partial charge in [-0.3, -0.25) is 0 Å². The molecular formula is C60H78Cl2Si2Zr2-4. The van der Waals surface area contributed by atoms with Crippen molar-refractivity contribution in [2.75, 3.05) is 0 Å². The van der Waals surface area contributed by atoms with Crippen LogP contribution in [0.4, 0.5) is 0 Å². The van der Waals surface area contributed by atoms with Crippen LogP contribution in [0.25, 0.3) is 23.3 Å². The first-order valence-electron chi connectivity index (χ1n) is 23.8. The number of fused-ring (bicyclic) bond motifs is 4. The minimum atomic E-state index is -0.147. The monoisotopic (exact) mass is 1100 g/mol. The van der Waals surface area contributed by atoms with Crippen molar-refractivity contribution in [3.05, 3.63) is 163 Å². The molecule has 0 aromatic heterocycles. The van der Waals surface area contributed by atoms with Crippen molar-refractivity contribution in [1.29, 1.82) is 0 Å². The Hall–Kier alpha value is -1.38. The van der Waals surface area contributed by atoms with Gasteiger partial charge in [0.15, 0.2) is 0 Å². The number of rotatable bonds is 4. The normalized spacial score (nSPS) is 20.8. The molecule has 0 amide bonds. The summed E-state index contributed by atoms with van der Waals surface area (Å²) in [5.41, 5.74) is 14.6. The Kier molecular flexibility index (Phi) is 20.4. The molecule has 66 heavy (non-hydrogen) atoms. The van der Waals surface area contributed by atoms with Crippen LogP contribution in [0, 0.1) is 33.8 Å². The Morgan fingerprint density at radius 3 is 1.12 bits per heavy atom. The summed E-state index contributed by atoms with van der Waals surface area (Å²) < 4.78 is 0. The second-order valence-electron chi connectivity index (χ2n) is 23.0. The van der Waals surface area contributed by atoms with Gasteiger partial charge in [-0.15, -0.1) is 23.3 Å². The molecular weight excluding hydrogens is 1030 g/mol. The standard InChI is InChI=1S/2C28H33.2C2H6Si.2ClH.2Zr/c2*1-8-19-10-9-11-25(19)28(27(5,6)7)15-14-24-21(18-28)16-20-17-22(26(2,3)4)12-13-23(20)24;2*1-3-2;;;;/h2*9-10,12-17H,8,11H2,1-7H3;2*1-2H3;2*1H;;/q2*-1;;;;;;/p-2. The third kappa shape index (κ3) is 12.7. The second-order valence-corrected chi connectivity index (χ2v) is 41.8. The van der Waals surface area contributed by atoms with E-state index in [1.165, 1.54) is 76.6 Å². The molecule has 2 unspecified atom stereocenters. The van der Waals surface area contributed by atoms with Gasteiger partial charge in [-0.25, -0.2) is 0 Å². The minimum absolute atomic E-state index is 0. The Morgan fingerprint density at radius 1 is 0.530 bits per heavy atom. The predicted molar refractivity (Wildman–Crippen MR) is 277 cm³/mol. The van der Waals surface area contributed by atoms with E-state index in [1.807, 2.05) is 0 Å². The zero-order valence-electron chi connectivity index (χ0n) is 43.8. The molecule has 0 heterocycles. The van der Waals surface area contributed by atoms with Crippen molar-refractivity contribution in [3.8, 4) is 0 Å². The summed E-state index contributed by atoms with van der Waals surface area (Å²) in [4.78, 5) is 0. The minimum Gasteiger partial charge on any atom is -1.00 e. The zero-order valence-corrected chi connectivity index (χ0v) is 52.2.